The molecule has 27 heavy (non-hydrogen) atoms. The lowest BCUT2D eigenvalue weighted by Crippen LogP contribution is -2.42. The Morgan fingerprint density at radius 1 is 1.15 bits per heavy atom. The van der Waals surface area contributed by atoms with Gasteiger partial charge in [-0.15, -0.1) is 0 Å². The monoisotopic (exact) mass is 373 g/mol. The van der Waals surface area contributed by atoms with Gasteiger partial charge >= 0.3 is 0 Å². The normalized spacial score (nSPS) is 19.9. The number of carbonyl (C=O) groups is 2. The number of nitrogens with zero attached hydrogens (tertiary/aromatic N) is 5. The molecule has 1 aromatic heterocycles. The van der Waals surface area contributed by atoms with Crippen LogP contribution in [-0.2, 0) is 22.6 Å². The first kappa shape index (κ1) is 19.6. The molecule has 1 atom stereocenters. The van der Waals surface area contributed by atoms with Crippen LogP contribution in [0.2, 0.25) is 0 Å². The largest absolute Gasteiger partial charge is 0.362 e. The Morgan fingerprint density at radius 2 is 1.89 bits per heavy atom. The molecule has 0 saturated carbocycles. The molecule has 7 nitrogen and oxygen atoms in total. The van der Waals surface area contributed by atoms with Crippen molar-refractivity contribution in [3.05, 3.63) is 17.1 Å². The van der Waals surface area contributed by atoms with E-state index in [4.69, 9.17) is 9.97 Å². The number of amides is 2. The van der Waals surface area contributed by atoms with Gasteiger partial charge < -0.3 is 14.7 Å². The van der Waals surface area contributed by atoms with Crippen molar-refractivity contribution in [2.75, 3.05) is 32.1 Å². The highest BCUT2D eigenvalue weighted by molar-refractivity contribution is 5.78. The fourth-order valence-corrected chi connectivity index (χ4v) is 4.00. The Morgan fingerprint density at radius 3 is 2.52 bits per heavy atom. The smallest absolute Gasteiger partial charge is 0.225 e. The minimum atomic E-state index is -0.0523. The molecule has 2 aliphatic heterocycles. The zero-order valence-corrected chi connectivity index (χ0v) is 17.2. The van der Waals surface area contributed by atoms with Crippen molar-refractivity contribution < 1.29 is 9.59 Å². The Kier molecular flexibility index (Phi) is 5.67. The summed E-state index contributed by atoms with van der Waals surface area (Å²) in [7, 11) is 3.94. The van der Waals surface area contributed by atoms with Crippen LogP contribution in [0.4, 0.5) is 5.82 Å². The number of hydrogen-bond acceptors (Lipinski definition) is 5. The van der Waals surface area contributed by atoms with E-state index in [2.05, 4.69) is 0 Å². The third-order valence-corrected chi connectivity index (χ3v) is 5.50. The van der Waals surface area contributed by atoms with Gasteiger partial charge in [-0.25, -0.2) is 9.97 Å². The number of hydrogen-bond donors (Lipinski definition) is 0. The molecular weight excluding hydrogens is 342 g/mol. The topological polar surface area (TPSA) is 69.6 Å². The number of aromatic nitrogens is 2. The third kappa shape index (κ3) is 3.92. The molecule has 0 spiro atoms. The fourth-order valence-electron chi connectivity index (χ4n) is 4.00. The number of rotatable bonds is 3. The molecule has 0 bridgehead atoms. The molecular formula is C20H31N5O2. The zero-order chi connectivity index (χ0) is 19.7. The summed E-state index contributed by atoms with van der Waals surface area (Å²) in [6, 6.07) is -0.0523. The lowest BCUT2D eigenvalue weighted by Gasteiger charge is -2.37. The van der Waals surface area contributed by atoms with E-state index in [9.17, 15) is 9.59 Å². The van der Waals surface area contributed by atoms with Crippen LogP contribution in [0.1, 0.15) is 63.2 Å². The highest BCUT2D eigenvalue weighted by atomic mass is 16.2. The fraction of sp³-hybridized carbons (Fsp3) is 0.700. The average molecular weight is 374 g/mol. The van der Waals surface area contributed by atoms with E-state index in [1.807, 2.05) is 42.6 Å². The second kappa shape index (κ2) is 7.82. The molecule has 0 radical (unpaired) electrons. The molecule has 2 amide bonds. The SMILES string of the molecule is CC(=O)N1CCc2nc(C3CCCCN3C(=O)C(C)C)nc(N(C)C)c2C1. The molecule has 2 aliphatic rings. The molecule has 7 heteroatoms. The van der Waals surface area contributed by atoms with E-state index in [1.54, 1.807) is 6.92 Å². The summed E-state index contributed by atoms with van der Waals surface area (Å²) in [5.74, 6) is 1.84. The van der Waals surface area contributed by atoms with Gasteiger partial charge in [-0.2, -0.15) is 0 Å². The quantitative estimate of drug-likeness (QED) is 0.812. The first-order valence-corrected chi connectivity index (χ1v) is 9.92. The Bertz CT molecular complexity index is 731. The highest BCUT2D eigenvalue weighted by Crippen LogP contribution is 2.33. The first-order chi connectivity index (χ1) is 12.8. The molecule has 3 rings (SSSR count). The molecule has 0 aliphatic carbocycles. The minimum absolute atomic E-state index is 0.0272. The van der Waals surface area contributed by atoms with E-state index in [-0.39, 0.29) is 23.8 Å². The zero-order valence-electron chi connectivity index (χ0n) is 17.2. The van der Waals surface area contributed by atoms with Crippen molar-refractivity contribution in [3.8, 4) is 0 Å². The van der Waals surface area contributed by atoms with E-state index < -0.39 is 0 Å². The molecule has 3 heterocycles. The second-order valence-electron chi connectivity index (χ2n) is 8.11. The molecule has 1 saturated heterocycles. The predicted octanol–water partition coefficient (Wildman–Crippen LogP) is 2.16. The number of likely N-dealkylation sites (tertiary alicyclic amines) is 1. The number of piperidine rings is 1. The summed E-state index contributed by atoms with van der Waals surface area (Å²) < 4.78 is 0. The maximum atomic E-state index is 12.7. The van der Waals surface area contributed by atoms with Gasteiger partial charge in [0.15, 0.2) is 5.82 Å². The lowest BCUT2D eigenvalue weighted by molar-refractivity contribution is -0.138. The van der Waals surface area contributed by atoms with E-state index in [0.717, 1.165) is 55.1 Å². The Hall–Kier alpha value is -2.18. The first-order valence-electron chi connectivity index (χ1n) is 9.92. The van der Waals surface area contributed by atoms with Gasteiger partial charge in [0.25, 0.3) is 0 Å². The summed E-state index contributed by atoms with van der Waals surface area (Å²) in [5, 5.41) is 0. The van der Waals surface area contributed by atoms with Crippen molar-refractivity contribution in [2.24, 2.45) is 5.92 Å². The Balaban J connectivity index is 2.00. The molecule has 0 aromatic carbocycles. The van der Waals surface area contributed by atoms with Crippen LogP contribution in [0.25, 0.3) is 0 Å². The van der Waals surface area contributed by atoms with E-state index in [1.165, 1.54) is 0 Å². The van der Waals surface area contributed by atoms with Crippen molar-refractivity contribution in [2.45, 2.75) is 59.0 Å². The van der Waals surface area contributed by atoms with Gasteiger partial charge in [-0.1, -0.05) is 13.8 Å². The maximum absolute atomic E-state index is 12.7. The Labute approximate surface area is 161 Å². The molecule has 0 N–H and O–H groups in total. The molecule has 148 valence electrons. The van der Waals surface area contributed by atoms with Crippen LogP contribution >= 0.6 is 0 Å². The summed E-state index contributed by atoms with van der Waals surface area (Å²) in [6.45, 7) is 7.51. The van der Waals surface area contributed by atoms with Crippen molar-refractivity contribution >= 4 is 17.6 Å². The summed E-state index contributed by atoms with van der Waals surface area (Å²) in [4.78, 5) is 40.1. The van der Waals surface area contributed by atoms with E-state index >= 15 is 0 Å². The van der Waals surface area contributed by atoms with Crippen molar-refractivity contribution in [3.63, 3.8) is 0 Å². The van der Waals surface area contributed by atoms with Gasteiger partial charge in [-0.3, -0.25) is 9.59 Å². The minimum Gasteiger partial charge on any atom is -0.362 e. The van der Waals surface area contributed by atoms with Crippen LogP contribution in [0.15, 0.2) is 0 Å². The van der Waals surface area contributed by atoms with Crippen LogP contribution in [0, 0.1) is 5.92 Å². The third-order valence-electron chi connectivity index (χ3n) is 5.50. The standard InChI is InChI=1S/C20H31N5O2/c1-13(2)20(27)25-10-7-6-8-17(25)18-21-16-9-11-24(14(3)26)12-15(16)19(22-18)23(4)5/h13,17H,6-12H2,1-5H3. The van der Waals surface area contributed by atoms with Crippen LogP contribution in [0.5, 0.6) is 0 Å². The maximum Gasteiger partial charge on any atom is 0.225 e. The van der Waals surface area contributed by atoms with Gasteiger partial charge in [-0.05, 0) is 19.3 Å². The average Bonchev–Trinajstić information content (AvgIpc) is 2.65. The predicted molar refractivity (Wildman–Crippen MR) is 104 cm³/mol. The summed E-state index contributed by atoms with van der Waals surface area (Å²) in [5.41, 5.74) is 2.05. The van der Waals surface area contributed by atoms with Gasteiger partial charge in [0.2, 0.25) is 11.8 Å². The van der Waals surface area contributed by atoms with Crippen LogP contribution in [-0.4, -0.2) is 58.8 Å². The highest BCUT2D eigenvalue weighted by Gasteiger charge is 2.33. The van der Waals surface area contributed by atoms with Gasteiger partial charge in [0.1, 0.15) is 5.82 Å². The molecule has 1 unspecified atom stereocenters. The summed E-state index contributed by atoms with van der Waals surface area (Å²) in [6.07, 6.45) is 3.76. The van der Waals surface area contributed by atoms with Gasteiger partial charge in [0, 0.05) is 52.0 Å². The number of fused-ring (bicyclic) bond motifs is 1. The number of anilines is 1. The number of carbonyl (C=O) groups excluding carboxylic acids is 2. The summed E-state index contributed by atoms with van der Waals surface area (Å²) >= 11 is 0. The molecule has 1 aromatic rings. The van der Waals surface area contributed by atoms with Crippen molar-refractivity contribution in [1.29, 1.82) is 0 Å². The van der Waals surface area contributed by atoms with E-state index in [0.29, 0.717) is 13.1 Å². The lowest BCUT2D eigenvalue weighted by atomic mass is 9.98. The van der Waals surface area contributed by atoms with Crippen LogP contribution < -0.4 is 4.90 Å². The van der Waals surface area contributed by atoms with Crippen molar-refractivity contribution in [1.82, 2.24) is 19.8 Å². The van der Waals surface area contributed by atoms with Gasteiger partial charge in [0.05, 0.1) is 18.3 Å². The molecule has 1 fully saturated rings. The van der Waals surface area contributed by atoms with Crippen LogP contribution in [0.3, 0.4) is 0 Å². The second-order valence-corrected chi connectivity index (χ2v) is 8.11.